The average molecular weight is 621 g/mol. The molecule has 2 saturated heterocycles. The van der Waals surface area contributed by atoms with Crippen molar-refractivity contribution in [3.8, 4) is 23.5 Å². The number of hydrogen-bond acceptors (Lipinski definition) is 8. The molecule has 2 N–H and O–H groups in total. The maximum Gasteiger partial charge on any atom is 0.252 e. The Balaban J connectivity index is 1.53. The Hall–Kier alpha value is -3.92. The number of aromatic nitrogens is 2. The van der Waals surface area contributed by atoms with E-state index in [0.29, 0.717) is 34.0 Å². The summed E-state index contributed by atoms with van der Waals surface area (Å²) in [6.45, 7) is 7.43. The molecule has 0 saturated carbocycles. The van der Waals surface area contributed by atoms with Crippen LogP contribution < -0.4 is 15.5 Å². The number of nitrogens with zero attached hydrogens (tertiary/aromatic N) is 4. The number of carbonyl (C=O) groups excluding carboxylic acids is 2. The molecule has 3 unspecified atom stereocenters. The minimum atomic E-state index is -3.80. The van der Waals surface area contributed by atoms with Crippen LogP contribution in [0.5, 0.6) is 0 Å². The lowest BCUT2D eigenvalue weighted by Crippen LogP contribution is -2.53. The fourth-order valence-electron chi connectivity index (χ4n) is 6.04. The molecule has 0 spiro atoms. The summed E-state index contributed by atoms with van der Waals surface area (Å²) in [5.41, 5.74) is 2.70. The third kappa shape index (κ3) is 6.45. The van der Waals surface area contributed by atoms with Crippen LogP contribution >= 0.6 is 0 Å². The van der Waals surface area contributed by atoms with Crippen molar-refractivity contribution >= 4 is 38.6 Å². The van der Waals surface area contributed by atoms with Crippen LogP contribution in [0, 0.1) is 25.2 Å². The maximum absolute atomic E-state index is 13.8. The van der Waals surface area contributed by atoms with Crippen LogP contribution in [-0.4, -0.2) is 98.9 Å². The van der Waals surface area contributed by atoms with Crippen molar-refractivity contribution in [2.24, 2.45) is 5.92 Å². The van der Waals surface area contributed by atoms with Gasteiger partial charge in [-0.3, -0.25) is 9.59 Å². The fraction of sp³-hybridized carbons (Fsp3) is 0.469. The number of aryl methyl sites for hydroxylation is 1. The number of rotatable bonds is 9. The van der Waals surface area contributed by atoms with Crippen LogP contribution in [0.15, 0.2) is 36.7 Å². The Labute approximate surface area is 259 Å². The molecule has 0 radical (unpaired) electrons. The number of pyridine rings is 1. The Morgan fingerprint density at radius 1 is 1.20 bits per heavy atom. The van der Waals surface area contributed by atoms with E-state index in [9.17, 15) is 18.0 Å². The van der Waals surface area contributed by atoms with Gasteiger partial charge in [-0.25, -0.2) is 17.4 Å². The predicted molar refractivity (Wildman–Crippen MR) is 171 cm³/mol. The number of nitrogens with one attached hydrogen (secondary N) is 2. The molecule has 2 aliphatic heterocycles. The Morgan fingerprint density at radius 2 is 1.95 bits per heavy atom. The zero-order valence-corrected chi connectivity index (χ0v) is 26.5. The summed E-state index contributed by atoms with van der Waals surface area (Å²) in [5, 5.41) is 6.37. The molecule has 0 aliphatic carbocycles. The summed E-state index contributed by atoms with van der Waals surface area (Å²) in [6.07, 6.45) is 9.02. The molecule has 4 heterocycles. The van der Waals surface area contributed by atoms with E-state index in [4.69, 9.17) is 16.1 Å². The number of fused-ring (bicyclic) bond motifs is 1. The third-order valence-electron chi connectivity index (χ3n) is 8.56. The van der Waals surface area contributed by atoms with Crippen LogP contribution in [0.1, 0.15) is 35.7 Å². The highest BCUT2D eigenvalue weighted by molar-refractivity contribution is 7.90. The first kappa shape index (κ1) is 31.5. The van der Waals surface area contributed by atoms with E-state index < -0.39 is 21.8 Å². The number of piperazine rings is 1. The van der Waals surface area contributed by atoms with Crippen molar-refractivity contribution in [1.82, 2.24) is 24.5 Å². The van der Waals surface area contributed by atoms with Crippen LogP contribution in [0.2, 0.25) is 0 Å². The van der Waals surface area contributed by atoms with E-state index in [1.54, 1.807) is 32.4 Å². The second-order valence-electron chi connectivity index (χ2n) is 11.7. The van der Waals surface area contributed by atoms with Gasteiger partial charge in [-0.1, -0.05) is 0 Å². The maximum atomic E-state index is 13.8. The molecule has 2 amide bonds. The van der Waals surface area contributed by atoms with Gasteiger partial charge in [0.05, 0.1) is 23.3 Å². The molecule has 234 valence electrons. The van der Waals surface area contributed by atoms with Gasteiger partial charge in [0.1, 0.15) is 5.82 Å². The summed E-state index contributed by atoms with van der Waals surface area (Å²) in [6, 6.07) is 7.40. The zero-order valence-electron chi connectivity index (χ0n) is 25.7. The second kappa shape index (κ2) is 13.0. The monoisotopic (exact) mass is 620 g/mol. The number of amides is 2. The number of ether oxygens (including phenoxy) is 1. The SMILES string of the molecule is C#CCCS(=O)(=O)n1cc(C)c2c(C(=O)NCC3C(=O)NC(C)CC3OC)cc(-c3ccc(N4CCN(C)CC4)nc3)cc21. The highest BCUT2D eigenvalue weighted by Gasteiger charge is 2.35. The lowest BCUT2D eigenvalue weighted by molar-refractivity contribution is -0.134. The topological polar surface area (TPSA) is 126 Å². The highest BCUT2D eigenvalue weighted by Crippen LogP contribution is 2.33. The number of benzene rings is 1. The highest BCUT2D eigenvalue weighted by atomic mass is 32.2. The molecule has 0 bridgehead atoms. The fourth-order valence-corrected chi connectivity index (χ4v) is 7.37. The lowest BCUT2D eigenvalue weighted by atomic mass is 9.91. The predicted octanol–water partition coefficient (Wildman–Crippen LogP) is 2.23. The van der Waals surface area contributed by atoms with Gasteiger partial charge in [0.15, 0.2) is 0 Å². The largest absolute Gasteiger partial charge is 0.380 e. The Morgan fingerprint density at radius 3 is 2.61 bits per heavy atom. The van der Waals surface area contributed by atoms with Gasteiger partial charge in [0.2, 0.25) is 15.9 Å². The van der Waals surface area contributed by atoms with Crippen molar-refractivity contribution in [3.05, 3.63) is 47.8 Å². The molecule has 3 atom stereocenters. The Bertz CT molecular complexity index is 1690. The van der Waals surface area contributed by atoms with Gasteiger partial charge in [0, 0.05) is 81.2 Å². The molecule has 2 aliphatic rings. The standard InChI is InChI=1S/C32H40N6O5S/c1-6-7-14-44(41,42)38-20-21(2)30-25(31(39)34-19-26-28(43-5)15-22(3)35-32(26)40)16-24(17-27(30)38)23-8-9-29(33-18-23)37-12-10-36(4)11-13-37/h1,8-9,16-18,20,22,26,28H,7,10-15,19H2,2-5H3,(H,34,39)(H,35,40). The third-order valence-corrected chi connectivity index (χ3v) is 10.2. The summed E-state index contributed by atoms with van der Waals surface area (Å²) in [5.74, 6) is 1.89. The average Bonchev–Trinajstić information content (AvgIpc) is 3.36. The van der Waals surface area contributed by atoms with Gasteiger partial charge in [-0.15, -0.1) is 12.3 Å². The van der Waals surface area contributed by atoms with E-state index in [1.165, 1.54) is 10.2 Å². The molecular weight excluding hydrogens is 580 g/mol. The zero-order chi connectivity index (χ0) is 31.6. The molecule has 12 heteroatoms. The molecule has 2 aromatic heterocycles. The van der Waals surface area contributed by atoms with Gasteiger partial charge >= 0.3 is 0 Å². The van der Waals surface area contributed by atoms with E-state index in [-0.39, 0.29) is 36.8 Å². The first-order valence-corrected chi connectivity index (χ1v) is 16.5. The van der Waals surface area contributed by atoms with Crippen molar-refractivity contribution in [1.29, 1.82) is 0 Å². The number of carbonyl (C=O) groups is 2. The number of hydrogen-bond donors (Lipinski definition) is 2. The summed E-state index contributed by atoms with van der Waals surface area (Å²) in [7, 11) is -0.139. The molecule has 5 rings (SSSR count). The minimum Gasteiger partial charge on any atom is -0.380 e. The van der Waals surface area contributed by atoms with Crippen LogP contribution in [0.4, 0.5) is 5.82 Å². The van der Waals surface area contributed by atoms with Crippen LogP contribution in [0.3, 0.4) is 0 Å². The molecular formula is C32H40N6O5S. The van der Waals surface area contributed by atoms with E-state index in [2.05, 4.69) is 33.4 Å². The lowest BCUT2D eigenvalue weighted by Gasteiger charge is -2.33. The number of terminal acetylenes is 1. The van der Waals surface area contributed by atoms with Gasteiger partial charge in [0.25, 0.3) is 5.91 Å². The summed E-state index contributed by atoms with van der Waals surface area (Å²) < 4.78 is 33.5. The number of anilines is 1. The molecule has 44 heavy (non-hydrogen) atoms. The van der Waals surface area contributed by atoms with Gasteiger partial charge < -0.3 is 25.2 Å². The van der Waals surface area contributed by atoms with E-state index in [0.717, 1.165) is 37.6 Å². The summed E-state index contributed by atoms with van der Waals surface area (Å²) >= 11 is 0. The van der Waals surface area contributed by atoms with Crippen molar-refractivity contribution < 1.29 is 22.7 Å². The van der Waals surface area contributed by atoms with Gasteiger partial charge in [-0.2, -0.15) is 0 Å². The molecule has 3 aromatic rings. The quantitative estimate of drug-likeness (QED) is 0.349. The van der Waals surface area contributed by atoms with E-state index >= 15 is 0 Å². The van der Waals surface area contributed by atoms with Crippen molar-refractivity contribution in [3.63, 3.8) is 0 Å². The molecule has 2 fully saturated rings. The molecule has 11 nitrogen and oxygen atoms in total. The minimum absolute atomic E-state index is 0.0224. The second-order valence-corrected chi connectivity index (χ2v) is 13.7. The smallest absolute Gasteiger partial charge is 0.252 e. The summed E-state index contributed by atoms with van der Waals surface area (Å²) in [4.78, 5) is 35.8. The Kier molecular flexibility index (Phi) is 9.29. The van der Waals surface area contributed by atoms with Crippen LogP contribution in [0.25, 0.3) is 22.0 Å². The molecule has 1 aromatic carbocycles. The van der Waals surface area contributed by atoms with Gasteiger partial charge in [-0.05, 0) is 62.7 Å². The normalized spacial score (nSPS) is 21.2. The number of methoxy groups -OCH3 is 1. The van der Waals surface area contributed by atoms with Crippen molar-refractivity contribution in [2.45, 2.75) is 38.8 Å². The first-order chi connectivity index (χ1) is 21.0. The van der Waals surface area contributed by atoms with Crippen LogP contribution in [-0.2, 0) is 19.6 Å². The number of piperidine rings is 1. The first-order valence-electron chi connectivity index (χ1n) is 14.9. The van der Waals surface area contributed by atoms with Crippen molar-refractivity contribution in [2.75, 3.05) is 57.5 Å². The number of likely N-dealkylation sites (N-methyl/N-ethyl adjacent to an activating group) is 1. The van der Waals surface area contributed by atoms with E-state index in [1.807, 2.05) is 19.1 Å².